The normalized spacial score (nSPS) is 10.1. The highest BCUT2D eigenvalue weighted by Gasteiger charge is 2.12. The van der Waals surface area contributed by atoms with Crippen LogP contribution in [0.2, 0.25) is 0 Å². The van der Waals surface area contributed by atoms with Crippen LogP contribution in [0.5, 0.6) is 0 Å². The molecule has 0 aliphatic carbocycles. The van der Waals surface area contributed by atoms with E-state index in [0.29, 0.717) is 11.5 Å². The Morgan fingerprint density at radius 3 is 2.55 bits per heavy atom. The van der Waals surface area contributed by atoms with E-state index in [9.17, 15) is 14.4 Å². The molecule has 3 amide bonds. The number of aryl methyl sites for hydroxylation is 2. The zero-order valence-electron chi connectivity index (χ0n) is 11.1. The highest BCUT2D eigenvalue weighted by molar-refractivity contribution is 5.94. The third-order valence-electron chi connectivity index (χ3n) is 2.32. The summed E-state index contributed by atoms with van der Waals surface area (Å²) < 4.78 is 9.45. The van der Waals surface area contributed by atoms with Gasteiger partial charge in [-0.2, -0.15) is 0 Å². The lowest BCUT2D eigenvalue weighted by Crippen LogP contribution is -2.41. The molecule has 0 saturated carbocycles. The van der Waals surface area contributed by atoms with Crippen molar-refractivity contribution in [2.75, 3.05) is 13.2 Å². The van der Waals surface area contributed by atoms with Crippen LogP contribution in [0.15, 0.2) is 4.52 Å². The van der Waals surface area contributed by atoms with Gasteiger partial charge in [0, 0.05) is 12.1 Å². The Labute approximate surface area is 114 Å². The average Bonchev–Trinajstić information content (AvgIpc) is 2.66. The van der Waals surface area contributed by atoms with Crippen LogP contribution in [0.4, 0.5) is 4.79 Å². The quantitative estimate of drug-likeness (QED) is 0.655. The molecule has 0 aliphatic heterocycles. The summed E-state index contributed by atoms with van der Waals surface area (Å²) in [6.45, 7) is 2.49. The summed E-state index contributed by atoms with van der Waals surface area (Å²) in [6.07, 6.45) is 0. The van der Waals surface area contributed by atoms with Gasteiger partial charge >= 0.3 is 12.0 Å². The molecule has 0 saturated heterocycles. The summed E-state index contributed by atoms with van der Waals surface area (Å²) in [5.74, 6) is -1.35. The number of carboxylic acids is 1. The molecule has 0 radical (unpaired) electrons. The molecule has 0 bridgehead atoms. The highest BCUT2D eigenvalue weighted by Crippen LogP contribution is 2.11. The van der Waals surface area contributed by atoms with E-state index in [1.807, 2.05) is 5.32 Å². The summed E-state index contributed by atoms with van der Waals surface area (Å²) in [5.41, 5.74) is 1.38. The second kappa shape index (κ2) is 7.24. The number of aromatic nitrogens is 1. The minimum absolute atomic E-state index is 0.163. The monoisotopic (exact) mass is 285 g/mol. The first kappa shape index (κ1) is 15.6. The fourth-order valence-electron chi connectivity index (χ4n) is 1.36. The van der Waals surface area contributed by atoms with Crippen LogP contribution in [0.1, 0.15) is 17.0 Å². The molecule has 0 fully saturated rings. The van der Waals surface area contributed by atoms with Gasteiger partial charge in [0.1, 0.15) is 19.0 Å². The Kier molecular flexibility index (Phi) is 5.66. The van der Waals surface area contributed by atoms with Crippen molar-refractivity contribution in [3.63, 3.8) is 0 Å². The molecule has 1 rings (SSSR count). The van der Waals surface area contributed by atoms with Crippen LogP contribution in [0, 0.1) is 13.8 Å². The zero-order chi connectivity index (χ0) is 15.1. The van der Waals surface area contributed by atoms with Gasteiger partial charge in [0.15, 0.2) is 0 Å². The highest BCUT2D eigenvalue weighted by atomic mass is 16.5. The lowest BCUT2D eigenvalue weighted by atomic mass is 10.2. The van der Waals surface area contributed by atoms with Gasteiger partial charge < -0.3 is 19.7 Å². The third-order valence-corrected chi connectivity index (χ3v) is 2.32. The smallest absolute Gasteiger partial charge is 0.329 e. The van der Waals surface area contributed by atoms with E-state index in [2.05, 4.69) is 15.2 Å². The third kappa shape index (κ3) is 5.06. The molecule has 9 nitrogen and oxygen atoms in total. The van der Waals surface area contributed by atoms with Gasteiger partial charge in [0.2, 0.25) is 0 Å². The van der Waals surface area contributed by atoms with E-state index >= 15 is 0 Å². The van der Waals surface area contributed by atoms with Crippen molar-refractivity contribution in [1.82, 2.24) is 15.8 Å². The predicted molar refractivity (Wildman–Crippen MR) is 64.8 cm³/mol. The molecule has 1 aromatic rings. The van der Waals surface area contributed by atoms with E-state index in [1.165, 1.54) is 0 Å². The number of carbonyl (C=O) groups excluding carboxylic acids is 2. The molecular formula is C11H15N3O6. The molecule has 3 N–H and O–H groups in total. The molecule has 9 heteroatoms. The largest absolute Gasteiger partial charge is 0.480 e. The fourth-order valence-corrected chi connectivity index (χ4v) is 1.36. The maximum atomic E-state index is 11.4. The molecule has 20 heavy (non-hydrogen) atoms. The number of rotatable bonds is 6. The van der Waals surface area contributed by atoms with E-state index in [-0.39, 0.29) is 6.54 Å². The van der Waals surface area contributed by atoms with Gasteiger partial charge in [-0.25, -0.2) is 9.59 Å². The first-order chi connectivity index (χ1) is 9.40. The first-order valence-electron chi connectivity index (χ1n) is 5.69. The Morgan fingerprint density at radius 2 is 2.00 bits per heavy atom. The molecule has 0 atom stereocenters. The van der Waals surface area contributed by atoms with E-state index in [0.717, 1.165) is 5.56 Å². The van der Waals surface area contributed by atoms with Crippen molar-refractivity contribution in [1.29, 1.82) is 0 Å². The standard InChI is InChI=1S/C11H15N3O6/c1-6-8(7(2)20-14-6)3-12-11(18)13-9(15)4-19-5-10(16)17/h3-5H2,1-2H3,(H,16,17)(H2,12,13,15,18). The number of hydrogen-bond donors (Lipinski definition) is 3. The Balaban J connectivity index is 2.30. The molecule has 0 aromatic carbocycles. The number of carbonyl (C=O) groups is 3. The Hall–Kier alpha value is -2.42. The first-order valence-corrected chi connectivity index (χ1v) is 5.69. The maximum absolute atomic E-state index is 11.4. The minimum Gasteiger partial charge on any atom is -0.480 e. The number of carboxylic acid groups (broad SMARTS) is 1. The van der Waals surface area contributed by atoms with Crippen molar-refractivity contribution < 1.29 is 28.8 Å². The van der Waals surface area contributed by atoms with Crippen molar-refractivity contribution in [2.45, 2.75) is 20.4 Å². The molecule has 0 spiro atoms. The van der Waals surface area contributed by atoms with Gasteiger partial charge in [0.05, 0.1) is 5.69 Å². The second-order valence-electron chi connectivity index (χ2n) is 3.92. The Morgan fingerprint density at radius 1 is 1.30 bits per heavy atom. The molecular weight excluding hydrogens is 270 g/mol. The number of ether oxygens (including phenoxy) is 1. The van der Waals surface area contributed by atoms with E-state index < -0.39 is 31.1 Å². The topological polar surface area (TPSA) is 131 Å². The Bertz CT molecular complexity index is 491. The van der Waals surface area contributed by atoms with E-state index in [1.54, 1.807) is 13.8 Å². The van der Waals surface area contributed by atoms with Crippen LogP contribution in [0.3, 0.4) is 0 Å². The van der Waals surface area contributed by atoms with Crippen LogP contribution in [-0.2, 0) is 20.9 Å². The van der Waals surface area contributed by atoms with Gasteiger partial charge in [-0.3, -0.25) is 10.1 Å². The number of nitrogens with zero attached hydrogens (tertiary/aromatic N) is 1. The minimum atomic E-state index is -1.19. The van der Waals surface area contributed by atoms with E-state index in [4.69, 9.17) is 9.63 Å². The average molecular weight is 285 g/mol. The number of hydrogen-bond acceptors (Lipinski definition) is 6. The number of aliphatic carboxylic acids is 1. The second-order valence-corrected chi connectivity index (χ2v) is 3.92. The van der Waals surface area contributed by atoms with Crippen LogP contribution < -0.4 is 10.6 Å². The molecule has 110 valence electrons. The van der Waals surface area contributed by atoms with Crippen LogP contribution in [-0.4, -0.2) is 41.4 Å². The van der Waals surface area contributed by atoms with Gasteiger partial charge in [-0.05, 0) is 13.8 Å². The SMILES string of the molecule is Cc1noc(C)c1CNC(=O)NC(=O)COCC(=O)O. The predicted octanol–water partition coefficient (Wildman–Crippen LogP) is -0.282. The summed E-state index contributed by atoms with van der Waals surface area (Å²) in [5, 5.41) is 16.5. The summed E-state index contributed by atoms with van der Waals surface area (Å²) >= 11 is 0. The van der Waals surface area contributed by atoms with Crippen molar-refractivity contribution >= 4 is 17.9 Å². The molecule has 1 aromatic heterocycles. The molecule has 0 aliphatic rings. The lowest BCUT2D eigenvalue weighted by molar-refractivity contribution is -0.143. The van der Waals surface area contributed by atoms with Crippen LogP contribution >= 0.6 is 0 Å². The van der Waals surface area contributed by atoms with Gasteiger partial charge in [-0.15, -0.1) is 0 Å². The zero-order valence-corrected chi connectivity index (χ0v) is 11.1. The number of urea groups is 1. The number of nitrogens with one attached hydrogen (secondary N) is 2. The number of amides is 3. The lowest BCUT2D eigenvalue weighted by Gasteiger charge is -2.06. The van der Waals surface area contributed by atoms with Crippen LogP contribution in [0.25, 0.3) is 0 Å². The van der Waals surface area contributed by atoms with Gasteiger partial charge in [-0.1, -0.05) is 5.16 Å². The summed E-state index contributed by atoms with van der Waals surface area (Å²) in [7, 11) is 0. The number of imide groups is 1. The van der Waals surface area contributed by atoms with Crippen molar-refractivity contribution in [3.05, 3.63) is 17.0 Å². The van der Waals surface area contributed by atoms with Crippen molar-refractivity contribution in [3.8, 4) is 0 Å². The summed E-state index contributed by atoms with van der Waals surface area (Å²) in [6, 6.07) is -0.714. The van der Waals surface area contributed by atoms with Crippen molar-refractivity contribution in [2.24, 2.45) is 0 Å². The molecule has 1 heterocycles. The maximum Gasteiger partial charge on any atom is 0.329 e. The fraction of sp³-hybridized carbons (Fsp3) is 0.455. The van der Waals surface area contributed by atoms with Gasteiger partial charge in [0.25, 0.3) is 5.91 Å². The molecule has 0 unspecified atom stereocenters. The summed E-state index contributed by atoms with van der Waals surface area (Å²) in [4.78, 5) is 32.8.